The first-order valence-electron chi connectivity index (χ1n) is 5.16. The molecule has 0 aliphatic carbocycles. The number of hydrogen-bond acceptors (Lipinski definition) is 4. The number of thiazole rings is 1. The van der Waals surface area contributed by atoms with E-state index in [0.717, 1.165) is 9.96 Å². The maximum absolute atomic E-state index is 5.05. The summed E-state index contributed by atoms with van der Waals surface area (Å²) in [6.07, 6.45) is 1.62. The fourth-order valence-corrected chi connectivity index (χ4v) is 3.06. The van der Waals surface area contributed by atoms with Crippen molar-refractivity contribution in [2.75, 3.05) is 0 Å². The Morgan fingerprint density at radius 1 is 1.29 bits per heavy atom. The average Bonchev–Trinajstić information content (AvgIpc) is 2.81. The van der Waals surface area contributed by atoms with E-state index in [1.807, 2.05) is 0 Å². The Morgan fingerprint density at radius 3 is 2.71 bits per heavy atom. The van der Waals surface area contributed by atoms with E-state index in [0.29, 0.717) is 10.3 Å². The predicted octanol–water partition coefficient (Wildman–Crippen LogP) is 3.16. The van der Waals surface area contributed by atoms with Crippen LogP contribution in [0.3, 0.4) is 0 Å². The number of hydrogen-bond donors (Lipinski definition) is 1. The number of H-pyrrole nitrogens is 1. The first kappa shape index (κ1) is 10.6. The lowest BCUT2D eigenvalue weighted by Gasteiger charge is -2.02. The summed E-state index contributed by atoms with van der Waals surface area (Å²) in [5.41, 5.74) is 3.05. The monoisotopic (exact) mass is 262 g/mol. The molecule has 0 saturated heterocycles. The summed E-state index contributed by atoms with van der Waals surface area (Å²) in [4.78, 5) is 12.8. The van der Waals surface area contributed by atoms with Crippen molar-refractivity contribution >= 4 is 34.0 Å². The summed E-state index contributed by atoms with van der Waals surface area (Å²) >= 11 is 6.62. The van der Waals surface area contributed by atoms with E-state index in [1.165, 1.54) is 11.4 Å². The minimum absolute atomic E-state index is 0.633. The Bertz CT molecular complexity index is 731. The summed E-state index contributed by atoms with van der Waals surface area (Å²) in [5, 5.41) is 0.921. The average molecular weight is 262 g/mol. The van der Waals surface area contributed by atoms with Crippen LogP contribution in [0.25, 0.3) is 15.6 Å². The number of aromatic amines is 1. The van der Waals surface area contributed by atoms with Gasteiger partial charge in [-0.2, -0.15) is 4.98 Å². The van der Waals surface area contributed by atoms with E-state index in [-0.39, 0.29) is 0 Å². The number of nitrogens with zero attached hydrogens (tertiary/aromatic N) is 3. The van der Waals surface area contributed by atoms with Crippen LogP contribution >= 0.6 is 23.6 Å². The lowest BCUT2D eigenvalue weighted by Crippen LogP contribution is -1.97. The van der Waals surface area contributed by atoms with Crippen LogP contribution in [0, 0.1) is 18.5 Å². The Labute approximate surface area is 107 Å². The zero-order chi connectivity index (χ0) is 12.0. The summed E-state index contributed by atoms with van der Waals surface area (Å²) in [7, 11) is 0. The third-order valence-electron chi connectivity index (χ3n) is 2.60. The van der Waals surface area contributed by atoms with Crippen molar-refractivity contribution in [1.29, 1.82) is 0 Å². The second-order valence-corrected chi connectivity index (χ2v) is 5.27. The molecule has 3 heterocycles. The minimum Gasteiger partial charge on any atom is -0.334 e. The second kappa shape index (κ2) is 3.75. The molecular weight excluding hydrogens is 252 g/mol. The van der Waals surface area contributed by atoms with E-state index in [1.54, 1.807) is 17.5 Å². The second-order valence-electron chi connectivity index (χ2n) is 3.85. The lowest BCUT2D eigenvalue weighted by atomic mass is 10.5. The van der Waals surface area contributed by atoms with E-state index in [2.05, 4.69) is 45.5 Å². The van der Waals surface area contributed by atoms with Crippen LogP contribution in [0.1, 0.15) is 11.4 Å². The van der Waals surface area contributed by atoms with Crippen LogP contribution < -0.4 is 0 Å². The topological polar surface area (TPSA) is 46.5 Å². The summed E-state index contributed by atoms with van der Waals surface area (Å²) in [6.45, 7) is 4.13. The van der Waals surface area contributed by atoms with Gasteiger partial charge in [0, 0.05) is 11.4 Å². The first-order chi connectivity index (χ1) is 8.15. The van der Waals surface area contributed by atoms with Gasteiger partial charge in [0.2, 0.25) is 0 Å². The van der Waals surface area contributed by atoms with Crippen LogP contribution in [0.4, 0.5) is 0 Å². The summed E-state index contributed by atoms with van der Waals surface area (Å²) < 4.78 is 2.75. The van der Waals surface area contributed by atoms with Crippen molar-refractivity contribution < 1.29 is 0 Å². The van der Waals surface area contributed by atoms with Gasteiger partial charge in [0.25, 0.3) is 0 Å². The molecule has 0 aliphatic heterocycles. The summed E-state index contributed by atoms with van der Waals surface area (Å²) in [6, 6.07) is 4.16. The molecule has 17 heavy (non-hydrogen) atoms. The minimum atomic E-state index is 0.633. The standard InChI is InChI=1S/C11H10N4S2/c1-6-3-4-7(2)15(6)11-14-9-10(17-11)13-8(16)5-12-9/h3-5H,1-2H3,(H,13,16). The highest BCUT2D eigenvalue weighted by Gasteiger charge is 2.10. The third kappa shape index (κ3) is 1.69. The zero-order valence-corrected chi connectivity index (χ0v) is 11.0. The van der Waals surface area contributed by atoms with E-state index in [4.69, 9.17) is 12.2 Å². The highest BCUT2D eigenvalue weighted by atomic mass is 32.1. The molecule has 0 aromatic carbocycles. The zero-order valence-electron chi connectivity index (χ0n) is 9.39. The van der Waals surface area contributed by atoms with E-state index in [9.17, 15) is 0 Å². The van der Waals surface area contributed by atoms with Gasteiger partial charge in [-0.15, -0.1) is 0 Å². The van der Waals surface area contributed by atoms with Crippen molar-refractivity contribution in [2.24, 2.45) is 0 Å². The summed E-state index contributed by atoms with van der Waals surface area (Å²) in [5.74, 6) is 0. The maximum atomic E-state index is 5.05. The molecule has 0 unspecified atom stereocenters. The van der Waals surface area contributed by atoms with E-state index >= 15 is 0 Å². The predicted molar refractivity (Wildman–Crippen MR) is 71.4 cm³/mol. The fourth-order valence-electron chi connectivity index (χ4n) is 1.80. The van der Waals surface area contributed by atoms with Gasteiger partial charge in [-0.3, -0.25) is 4.57 Å². The van der Waals surface area contributed by atoms with Crippen molar-refractivity contribution in [1.82, 2.24) is 19.5 Å². The molecule has 0 bridgehead atoms. The molecule has 0 spiro atoms. The van der Waals surface area contributed by atoms with Crippen molar-refractivity contribution in [2.45, 2.75) is 13.8 Å². The van der Waals surface area contributed by atoms with Gasteiger partial charge in [0.1, 0.15) is 9.47 Å². The Kier molecular flexibility index (Phi) is 2.34. The van der Waals surface area contributed by atoms with Gasteiger partial charge in [-0.1, -0.05) is 23.6 Å². The van der Waals surface area contributed by atoms with Crippen LogP contribution in [-0.4, -0.2) is 19.5 Å². The number of nitrogens with one attached hydrogen (secondary N) is 1. The van der Waals surface area contributed by atoms with Crippen molar-refractivity contribution in [3.05, 3.63) is 34.4 Å². The molecule has 0 saturated carbocycles. The Morgan fingerprint density at radius 2 is 2.00 bits per heavy atom. The SMILES string of the molecule is Cc1ccc(C)n1-c1nc2ncc(=S)[nH]c2s1. The maximum Gasteiger partial charge on any atom is 0.198 e. The van der Waals surface area contributed by atoms with Gasteiger partial charge in [0.05, 0.1) is 6.20 Å². The highest BCUT2D eigenvalue weighted by molar-refractivity contribution is 7.71. The molecule has 3 aromatic rings. The quantitative estimate of drug-likeness (QED) is 0.685. The smallest absolute Gasteiger partial charge is 0.198 e. The third-order valence-corrected chi connectivity index (χ3v) is 3.75. The van der Waals surface area contributed by atoms with E-state index < -0.39 is 0 Å². The van der Waals surface area contributed by atoms with Gasteiger partial charge in [-0.25, -0.2) is 4.98 Å². The molecule has 0 amide bonds. The van der Waals surface area contributed by atoms with Crippen molar-refractivity contribution in [3.8, 4) is 5.13 Å². The van der Waals surface area contributed by atoms with Crippen LogP contribution in [0.5, 0.6) is 0 Å². The molecule has 3 aromatic heterocycles. The number of aromatic nitrogens is 4. The van der Waals surface area contributed by atoms with Crippen LogP contribution in [0.15, 0.2) is 18.3 Å². The molecule has 0 fully saturated rings. The lowest BCUT2D eigenvalue weighted by molar-refractivity contribution is 0.952. The molecule has 6 heteroatoms. The van der Waals surface area contributed by atoms with Gasteiger partial charge in [-0.05, 0) is 26.0 Å². The molecular formula is C11H10N4S2. The highest BCUT2D eigenvalue weighted by Crippen LogP contribution is 2.24. The van der Waals surface area contributed by atoms with Crippen molar-refractivity contribution in [3.63, 3.8) is 0 Å². The van der Waals surface area contributed by atoms with Gasteiger partial charge in [0.15, 0.2) is 10.8 Å². The Hall–Kier alpha value is -1.53. The van der Waals surface area contributed by atoms with Gasteiger partial charge >= 0.3 is 0 Å². The molecule has 0 atom stereocenters. The number of aryl methyl sites for hydroxylation is 2. The molecule has 86 valence electrons. The van der Waals surface area contributed by atoms with Crippen LogP contribution in [0.2, 0.25) is 0 Å². The molecule has 1 N–H and O–H groups in total. The molecule has 4 nitrogen and oxygen atoms in total. The molecule has 3 rings (SSSR count). The normalized spacial score (nSPS) is 11.2. The van der Waals surface area contributed by atoms with Gasteiger partial charge < -0.3 is 4.98 Å². The number of rotatable bonds is 1. The molecule has 0 aliphatic rings. The molecule has 0 radical (unpaired) electrons. The number of fused-ring (bicyclic) bond motifs is 1. The van der Waals surface area contributed by atoms with Crippen LogP contribution in [-0.2, 0) is 0 Å². The largest absolute Gasteiger partial charge is 0.334 e. The first-order valence-corrected chi connectivity index (χ1v) is 6.39. The fraction of sp³-hybridized carbons (Fsp3) is 0.182. The Balaban J connectivity index is 2.28.